The summed E-state index contributed by atoms with van der Waals surface area (Å²) in [7, 11) is 3.24. The predicted molar refractivity (Wildman–Crippen MR) is 134 cm³/mol. The molecule has 0 aromatic heterocycles. The van der Waals surface area contributed by atoms with Gasteiger partial charge in [0.1, 0.15) is 0 Å². The lowest BCUT2D eigenvalue weighted by Crippen LogP contribution is -2.40. The van der Waals surface area contributed by atoms with Crippen LogP contribution in [-0.4, -0.2) is 43.0 Å². The number of rotatable bonds is 9. The van der Waals surface area contributed by atoms with Gasteiger partial charge in [0.15, 0.2) is 11.5 Å². The van der Waals surface area contributed by atoms with Crippen LogP contribution in [0.1, 0.15) is 35.6 Å². The summed E-state index contributed by atoms with van der Waals surface area (Å²) in [6, 6.07) is 20.1. The van der Waals surface area contributed by atoms with Crippen LogP contribution in [0.5, 0.6) is 11.5 Å². The summed E-state index contributed by atoms with van der Waals surface area (Å²) in [4.78, 5) is 25.7. The Morgan fingerprint density at radius 1 is 1.06 bits per heavy atom. The number of nitro benzene ring substituents is 1. The molecule has 1 unspecified atom stereocenters. The zero-order valence-electron chi connectivity index (χ0n) is 19.9. The first-order valence-corrected chi connectivity index (χ1v) is 11.6. The number of carbonyl (C=O) groups is 1. The van der Waals surface area contributed by atoms with Crippen molar-refractivity contribution in [3.05, 3.63) is 93.5 Å². The van der Waals surface area contributed by atoms with Gasteiger partial charge in [-0.15, -0.1) is 0 Å². The van der Waals surface area contributed by atoms with Crippen LogP contribution in [0, 0.1) is 10.1 Å². The number of benzene rings is 3. The lowest BCUT2D eigenvalue weighted by molar-refractivity contribution is -0.384. The van der Waals surface area contributed by atoms with E-state index >= 15 is 0 Å². The summed E-state index contributed by atoms with van der Waals surface area (Å²) in [5, 5.41) is 14.0. The number of fused-ring (bicyclic) bond motifs is 1. The van der Waals surface area contributed by atoms with E-state index in [-0.39, 0.29) is 17.6 Å². The van der Waals surface area contributed by atoms with Gasteiger partial charge < -0.3 is 19.7 Å². The fourth-order valence-corrected chi connectivity index (χ4v) is 4.53. The van der Waals surface area contributed by atoms with Crippen LogP contribution in [0.4, 0.5) is 11.4 Å². The number of hydrogen-bond donors (Lipinski definition) is 1. The molecule has 1 aliphatic rings. The SMILES string of the molecule is COc1cc2c(cc1OC)C(c1ccccc1)N(C(=O)CCCNc1ccc([N+](=O)[O-])cc1)CC2. The topological polar surface area (TPSA) is 93.9 Å². The van der Waals surface area contributed by atoms with Gasteiger partial charge in [-0.05, 0) is 53.8 Å². The predicted octanol–water partition coefficient (Wildman–Crippen LogP) is 4.98. The smallest absolute Gasteiger partial charge is 0.269 e. The van der Waals surface area contributed by atoms with Gasteiger partial charge in [-0.3, -0.25) is 14.9 Å². The first kappa shape index (κ1) is 24.1. The van der Waals surface area contributed by atoms with Crippen molar-refractivity contribution in [2.45, 2.75) is 25.3 Å². The third-order valence-electron chi connectivity index (χ3n) is 6.28. The Morgan fingerprint density at radius 3 is 2.40 bits per heavy atom. The van der Waals surface area contributed by atoms with Gasteiger partial charge in [-0.25, -0.2) is 0 Å². The largest absolute Gasteiger partial charge is 0.493 e. The number of methoxy groups -OCH3 is 2. The van der Waals surface area contributed by atoms with Crippen LogP contribution >= 0.6 is 0 Å². The molecule has 0 fully saturated rings. The number of ether oxygens (including phenoxy) is 2. The third kappa shape index (κ3) is 5.37. The molecule has 0 spiro atoms. The van der Waals surface area contributed by atoms with Gasteiger partial charge in [-0.2, -0.15) is 0 Å². The second kappa shape index (κ2) is 10.9. The minimum absolute atomic E-state index is 0.0531. The van der Waals surface area contributed by atoms with Gasteiger partial charge in [0.2, 0.25) is 5.91 Å². The maximum Gasteiger partial charge on any atom is 0.269 e. The van der Waals surface area contributed by atoms with Crippen LogP contribution < -0.4 is 14.8 Å². The highest BCUT2D eigenvalue weighted by Crippen LogP contribution is 2.41. The molecule has 8 nitrogen and oxygen atoms in total. The average molecular weight is 476 g/mol. The van der Waals surface area contributed by atoms with Gasteiger partial charge in [0.05, 0.1) is 25.2 Å². The molecule has 0 radical (unpaired) electrons. The second-order valence-electron chi connectivity index (χ2n) is 8.39. The van der Waals surface area contributed by atoms with Crippen LogP contribution in [0.3, 0.4) is 0 Å². The van der Waals surface area contributed by atoms with Crippen molar-refractivity contribution in [1.82, 2.24) is 4.90 Å². The van der Waals surface area contributed by atoms with E-state index < -0.39 is 4.92 Å². The van der Waals surface area contributed by atoms with Crippen molar-refractivity contribution >= 4 is 17.3 Å². The molecule has 0 bridgehead atoms. The molecule has 35 heavy (non-hydrogen) atoms. The van der Waals surface area contributed by atoms with Crippen LogP contribution in [-0.2, 0) is 11.2 Å². The Bertz CT molecular complexity index is 1180. The number of amides is 1. The fourth-order valence-electron chi connectivity index (χ4n) is 4.53. The number of anilines is 1. The highest BCUT2D eigenvalue weighted by Gasteiger charge is 2.33. The van der Waals surface area contributed by atoms with Crippen LogP contribution in [0.2, 0.25) is 0 Å². The molecule has 0 saturated heterocycles. The van der Waals surface area contributed by atoms with Crippen molar-refractivity contribution in [1.29, 1.82) is 0 Å². The third-order valence-corrected chi connectivity index (χ3v) is 6.28. The van der Waals surface area contributed by atoms with Crippen molar-refractivity contribution in [2.75, 3.05) is 32.6 Å². The number of nitrogens with zero attached hydrogens (tertiary/aromatic N) is 2. The first-order valence-electron chi connectivity index (χ1n) is 11.6. The number of nitrogens with one attached hydrogen (secondary N) is 1. The molecule has 4 rings (SSSR count). The average Bonchev–Trinajstić information content (AvgIpc) is 2.90. The standard InChI is InChI=1S/C27H29N3O5/c1-34-24-17-20-14-16-29(27(19-7-4-3-5-8-19)23(20)18-25(24)35-2)26(31)9-6-15-28-21-10-12-22(13-11-21)30(32)33/h3-5,7-8,10-13,17-18,27-28H,6,9,14-16H2,1-2H3. The van der Waals surface area contributed by atoms with Crippen LogP contribution in [0.15, 0.2) is 66.7 Å². The summed E-state index contributed by atoms with van der Waals surface area (Å²) in [5.74, 6) is 1.42. The van der Waals surface area contributed by atoms with E-state index in [4.69, 9.17) is 9.47 Å². The van der Waals surface area contributed by atoms with Gasteiger partial charge in [0.25, 0.3) is 5.69 Å². The quantitative estimate of drug-likeness (QED) is 0.267. The van der Waals surface area contributed by atoms with E-state index in [0.29, 0.717) is 37.4 Å². The minimum atomic E-state index is -0.423. The van der Waals surface area contributed by atoms with E-state index in [1.165, 1.54) is 12.1 Å². The van der Waals surface area contributed by atoms with Crippen molar-refractivity contribution < 1.29 is 19.2 Å². The Labute approximate surface area is 204 Å². The van der Waals surface area contributed by atoms with E-state index in [2.05, 4.69) is 5.32 Å². The monoisotopic (exact) mass is 475 g/mol. The molecular weight excluding hydrogens is 446 g/mol. The summed E-state index contributed by atoms with van der Waals surface area (Å²) in [5.41, 5.74) is 4.10. The molecule has 8 heteroatoms. The minimum Gasteiger partial charge on any atom is -0.493 e. The molecule has 1 atom stereocenters. The van der Waals surface area contributed by atoms with Gasteiger partial charge in [0, 0.05) is 37.3 Å². The molecule has 3 aromatic carbocycles. The molecule has 182 valence electrons. The number of nitro groups is 1. The number of non-ortho nitro benzene ring substituents is 1. The second-order valence-corrected chi connectivity index (χ2v) is 8.39. The zero-order chi connectivity index (χ0) is 24.8. The van der Waals surface area contributed by atoms with Crippen molar-refractivity contribution in [3.63, 3.8) is 0 Å². The lowest BCUT2D eigenvalue weighted by Gasteiger charge is -2.38. The molecule has 1 heterocycles. The molecule has 0 aliphatic carbocycles. The maximum absolute atomic E-state index is 13.4. The molecule has 1 N–H and O–H groups in total. The summed E-state index contributed by atoms with van der Waals surface area (Å²) < 4.78 is 11.0. The van der Waals surface area contributed by atoms with E-state index in [9.17, 15) is 14.9 Å². The molecule has 1 aliphatic heterocycles. The van der Waals surface area contributed by atoms with E-state index in [1.807, 2.05) is 47.4 Å². The molecular formula is C27H29N3O5. The lowest BCUT2D eigenvalue weighted by atomic mass is 9.87. The number of hydrogen-bond acceptors (Lipinski definition) is 6. The molecule has 1 amide bonds. The van der Waals surface area contributed by atoms with E-state index in [0.717, 1.165) is 28.8 Å². The normalized spacial score (nSPS) is 14.7. The highest BCUT2D eigenvalue weighted by molar-refractivity contribution is 5.78. The highest BCUT2D eigenvalue weighted by atomic mass is 16.6. The summed E-state index contributed by atoms with van der Waals surface area (Å²) >= 11 is 0. The number of carbonyl (C=O) groups excluding carboxylic acids is 1. The Balaban J connectivity index is 1.48. The molecule has 0 saturated carbocycles. The maximum atomic E-state index is 13.4. The van der Waals surface area contributed by atoms with Crippen molar-refractivity contribution in [2.24, 2.45) is 0 Å². The zero-order valence-corrected chi connectivity index (χ0v) is 19.9. The first-order chi connectivity index (χ1) is 17.0. The van der Waals surface area contributed by atoms with E-state index in [1.54, 1.807) is 26.4 Å². The Morgan fingerprint density at radius 2 is 1.74 bits per heavy atom. The van der Waals surface area contributed by atoms with Crippen molar-refractivity contribution in [3.8, 4) is 11.5 Å². The molecule has 3 aromatic rings. The summed E-state index contributed by atoms with van der Waals surface area (Å²) in [6.45, 7) is 1.21. The fraction of sp³-hybridized carbons (Fsp3) is 0.296. The Kier molecular flexibility index (Phi) is 7.50. The Hall–Kier alpha value is -4.07. The van der Waals surface area contributed by atoms with Gasteiger partial charge in [-0.1, -0.05) is 30.3 Å². The van der Waals surface area contributed by atoms with Crippen LogP contribution in [0.25, 0.3) is 0 Å². The van der Waals surface area contributed by atoms with Gasteiger partial charge >= 0.3 is 0 Å². The summed E-state index contributed by atoms with van der Waals surface area (Å²) in [6.07, 6.45) is 1.78.